The van der Waals surface area contributed by atoms with Crippen LogP contribution in [0.1, 0.15) is 13.3 Å². The number of nitrogens with two attached hydrogens (primary N) is 1. The molecule has 2 heterocycles. The lowest BCUT2D eigenvalue weighted by atomic mass is 10.1. The van der Waals surface area contributed by atoms with Gasteiger partial charge in [-0.3, -0.25) is 4.79 Å². The van der Waals surface area contributed by atoms with Gasteiger partial charge in [-0.15, -0.1) is 0 Å². The van der Waals surface area contributed by atoms with Crippen LogP contribution in [0.5, 0.6) is 0 Å². The van der Waals surface area contributed by atoms with E-state index in [1.807, 2.05) is 25.9 Å². The van der Waals surface area contributed by atoms with Crippen molar-refractivity contribution in [2.45, 2.75) is 19.4 Å². The van der Waals surface area contributed by atoms with Crippen molar-refractivity contribution >= 4 is 23.8 Å². The molecule has 0 bridgehead atoms. The van der Waals surface area contributed by atoms with Gasteiger partial charge < -0.3 is 20.9 Å². The lowest BCUT2D eigenvalue weighted by Gasteiger charge is -2.34. The molecule has 0 saturated carbocycles. The van der Waals surface area contributed by atoms with Gasteiger partial charge in [-0.1, -0.05) is 6.92 Å². The molecule has 1 atom stereocenters. The van der Waals surface area contributed by atoms with Gasteiger partial charge in [-0.2, -0.15) is 15.0 Å². The second-order valence-corrected chi connectivity index (χ2v) is 4.60. The molecule has 0 aromatic carbocycles. The summed E-state index contributed by atoms with van der Waals surface area (Å²) in [5.74, 6) is 1.11. The van der Waals surface area contributed by atoms with Gasteiger partial charge in [0, 0.05) is 27.2 Å². The maximum absolute atomic E-state index is 11.8. The molecule has 0 aliphatic carbocycles. The van der Waals surface area contributed by atoms with Gasteiger partial charge in [0.1, 0.15) is 6.04 Å². The number of nitrogen functional groups attached to an aromatic ring is 1. The van der Waals surface area contributed by atoms with E-state index < -0.39 is 0 Å². The van der Waals surface area contributed by atoms with E-state index in [1.54, 1.807) is 4.90 Å². The second kappa shape index (κ2) is 5.25. The molecule has 1 aromatic rings. The number of piperazine rings is 1. The van der Waals surface area contributed by atoms with Crippen molar-refractivity contribution < 1.29 is 4.79 Å². The molecule has 1 aliphatic heterocycles. The highest BCUT2D eigenvalue weighted by Gasteiger charge is 2.30. The van der Waals surface area contributed by atoms with Crippen molar-refractivity contribution in [2.75, 3.05) is 42.7 Å². The third kappa shape index (κ3) is 2.67. The van der Waals surface area contributed by atoms with E-state index in [-0.39, 0.29) is 17.9 Å². The summed E-state index contributed by atoms with van der Waals surface area (Å²) in [7, 11) is 3.66. The van der Waals surface area contributed by atoms with Crippen LogP contribution in [-0.2, 0) is 4.79 Å². The van der Waals surface area contributed by atoms with Gasteiger partial charge in [0.05, 0.1) is 0 Å². The molecule has 0 radical (unpaired) electrons. The quantitative estimate of drug-likeness (QED) is 0.740. The van der Waals surface area contributed by atoms with E-state index >= 15 is 0 Å². The van der Waals surface area contributed by atoms with Crippen molar-refractivity contribution in [3.05, 3.63) is 0 Å². The van der Waals surface area contributed by atoms with Gasteiger partial charge in [0.25, 0.3) is 0 Å². The maximum Gasteiger partial charge on any atom is 0.242 e. The van der Waals surface area contributed by atoms with Gasteiger partial charge in [-0.25, -0.2) is 0 Å². The summed E-state index contributed by atoms with van der Waals surface area (Å²) < 4.78 is 0. The van der Waals surface area contributed by atoms with Gasteiger partial charge in [-0.05, 0) is 6.42 Å². The van der Waals surface area contributed by atoms with Crippen LogP contribution in [0, 0.1) is 0 Å². The van der Waals surface area contributed by atoms with Gasteiger partial charge in [0.2, 0.25) is 23.8 Å². The molecule has 1 unspecified atom stereocenters. The Hall–Kier alpha value is -2.12. The highest BCUT2D eigenvalue weighted by atomic mass is 16.2. The number of hydrogen-bond acceptors (Lipinski definition) is 7. The lowest BCUT2D eigenvalue weighted by molar-refractivity contribution is -0.123. The molecule has 19 heavy (non-hydrogen) atoms. The van der Waals surface area contributed by atoms with E-state index in [0.717, 1.165) is 0 Å². The van der Waals surface area contributed by atoms with Crippen molar-refractivity contribution in [3.8, 4) is 0 Å². The molecule has 1 aliphatic rings. The maximum atomic E-state index is 11.8. The molecule has 0 spiro atoms. The molecule has 8 nitrogen and oxygen atoms in total. The molecule has 104 valence electrons. The van der Waals surface area contributed by atoms with Gasteiger partial charge >= 0.3 is 0 Å². The highest BCUT2D eigenvalue weighted by molar-refractivity contribution is 5.85. The Bertz CT molecular complexity index is 476. The Morgan fingerprint density at radius 3 is 2.79 bits per heavy atom. The molecular weight excluding hydrogens is 246 g/mol. The number of hydrogen-bond donors (Lipinski definition) is 2. The van der Waals surface area contributed by atoms with Crippen LogP contribution in [0.4, 0.5) is 17.8 Å². The standard InChI is InChI=1S/C11H19N7O/c1-4-7-8(19)13-5-6-18(7)11-15-9(12)14-10(16-11)17(2)3/h7H,4-6H2,1-3H3,(H,13,19)(H2,12,14,15,16). The topological polar surface area (TPSA) is 100 Å². The number of carbonyl (C=O) groups is 1. The monoisotopic (exact) mass is 265 g/mol. The summed E-state index contributed by atoms with van der Waals surface area (Å²) in [6.45, 7) is 3.21. The molecule has 8 heteroatoms. The molecule has 1 aromatic heterocycles. The Morgan fingerprint density at radius 2 is 2.16 bits per heavy atom. The zero-order valence-corrected chi connectivity index (χ0v) is 11.4. The van der Waals surface area contributed by atoms with Crippen molar-refractivity contribution in [3.63, 3.8) is 0 Å². The molecule has 1 saturated heterocycles. The molecule has 1 amide bonds. The first kappa shape index (κ1) is 13.3. The van der Waals surface area contributed by atoms with Crippen LogP contribution in [0.25, 0.3) is 0 Å². The summed E-state index contributed by atoms with van der Waals surface area (Å²) in [6, 6.07) is -0.259. The summed E-state index contributed by atoms with van der Waals surface area (Å²) in [6.07, 6.45) is 0.689. The van der Waals surface area contributed by atoms with Gasteiger partial charge in [0.15, 0.2) is 0 Å². The average Bonchev–Trinajstić information content (AvgIpc) is 2.37. The third-order valence-electron chi connectivity index (χ3n) is 3.00. The Balaban J connectivity index is 2.36. The number of nitrogens with zero attached hydrogens (tertiary/aromatic N) is 5. The predicted octanol–water partition coefficient (Wildman–Crippen LogP) is -0.765. The highest BCUT2D eigenvalue weighted by Crippen LogP contribution is 2.19. The number of carbonyl (C=O) groups excluding carboxylic acids is 1. The number of nitrogens with one attached hydrogen (secondary N) is 1. The van der Waals surface area contributed by atoms with E-state index in [1.165, 1.54) is 0 Å². The van der Waals surface area contributed by atoms with Crippen molar-refractivity contribution in [2.24, 2.45) is 0 Å². The smallest absolute Gasteiger partial charge is 0.242 e. The van der Waals surface area contributed by atoms with Crippen LogP contribution >= 0.6 is 0 Å². The van der Waals surface area contributed by atoms with E-state index in [0.29, 0.717) is 31.4 Å². The zero-order chi connectivity index (χ0) is 14.0. The van der Waals surface area contributed by atoms with E-state index in [2.05, 4.69) is 20.3 Å². The fourth-order valence-corrected chi connectivity index (χ4v) is 2.06. The first-order chi connectivity index (χ1) is 9.02. The second-order valence-electron chi connectivity index (χ2n) is 4.60. The minimum atomic E-state index is -0.259. The average molecular weight is 265 g/mol. The molecular formula is C11H19N7O. The van der Waals surface area contributed by atoms with Crippen LogP contribution in [-0.4, -0.2) is 54.1 Å². The molecule has 2 rings (SSSR count). The number of rotatable bonds is 3. The number of aromatic nitrogens is 3. The Labute approximate surface area is 112 Å². The molecule has 3 N–H and O–H groups in total. The SMILES string of the molecule is CCC1C(=O)NCCN1c1nc(N)nc(N(C)C)n1. The predicted molar refractivity (Wildman–Crippen MR) is 73.0 cm³/mol. The summed E-state index contributed by atoms with van der Waals surface area (Å²) in [5.41, 5.74) is 5.71. The van der Waals surface area contributed by atoms with E-state index in [9.17, 15) is 4.79 Å². The Morgan fingerprint density at radius 1 is 1.42 bits per heavy atom. The van der Waals surface area contributed by atoms with Crippen LogP contribution < -0.4 is 20.9 Å². The van der Waals surface area contributed by atoms with Crippen LogP contribution in [0.15, 0.2) is 0 Å². The Kier molecular flexibility index (Phi) is 3.68. The summed E-state index contributed by atoms with van der Waals surface area (Å²) >= 11 is 0. The van der Waals surface area contributed by atoms with Crippen LogP contribution in [0.3, 0.4) is 0 Å². The lowest BCUT2D eigenvalue weighted by Crippen LogP contribution is -2.55. The number of anilines is 3. The molecule has 1 fully saturated rings. The zero-order valence-electron chi connectivity index (χ0n) is 11.4. The minimum Gasteiger partial charge on any atom is -0.368 e. The van der Waals surface area contributed by atoms with Crippen LogP contribution in [0.2, 0.25) is 0 Å². The van der Waals surface area contributed by atoms with Crippen molar-refractivity contribution in [1.29, 1.82) is 0 Å². The largest absolute Gasteiger partial charge is 0.368 e. The fourth-order valence-electron chi connectivity index (χ4n) is 2.06. The number of amides is 1. The minimum absolute atomic E-state index is 0.000799. The normalized spacial score (nSPS) is 19.2. The summed E-state index contributed by atoms with van der Waals surface area (Å²) in [4.78, 5) is 28.0. The first-order valence-corrected chi connectivity index (χ1v) is 6.26. The summed E-state index contributed by atoms with van der Waals surface area (Å²) in [5, 5.41) is 2.84. The van der Waals surface area contributed by atoms with Crippen molar-refractivity contribution in [1.82, 2.24) is 20.3 Å². The van der Waals surface area contributed by atoms with E-state index in [4.69, 9.17) is 5.73 Å². The third-order valence-corrected chi connectivity index (χ3v) is 3.00. The fraction of sp³-hybridized carbons (Fsp3) is 0.636. The first-order valence-electron chi connectivity index (χ1n) is 6.26.